The number of amides is 3. The van der Waals surface area contributed by atoms with E-state index < -0.39 is 30.1 Å². The predicted octanol–water partition coefficient (Wildman–Crippen LogP) is 1.67. The molecule has 0 saturated carbocycles. The van der Waals surface area contributed by atoms with E-state index >= 15 is 0 Å². The third-order valence-electron chi connectivity index (χ3n) is 6.17. The maximum Gasteiger partial charge on any atom is 0.407 e. The van der Waals surface area contributed by atoms with Gasteiger partial charge >= 0.3 is 12.1 Å². The van der Waals surface area contributed by atoms with Crippen LogP contribution in [0.25, 0.3) is 11.1 Å². The first kappa shape index (κ1) is 22.3. The Hall–Kier alpha value is -3.88. The van der Waals surface area contributed by atoms with Crippen LogP contribution >= 0.6 is 0 Å². The Bertz CT molecular complexity index is 1070. The highest BCUT2D eigenvalue weighted by Crippen LogP contribution is 2.44. The normalized spacial score (nSPS) is 18.4. The molecular formula is C24H25N3O6. The number of ether oxygens (including phenoxy) is 1. The van der Waals surface area contributed by atoms with E-state index in [2.05, 4.69) is 5.32 Å². The summed E-state index contributed by atoms with van der Waals surface area (Å²) in [6, 6.07) is 13.7. The van der Waals surface area contributed by atoms with Crippen LogP contribution in [0.15, 0.2) is 48.5 Å². The summed E-state index contributed by atoms with van der Waals surface area (Å²) in [5.41, 5.74) is 4.34. The standard InChI is InChI=1S/C24H25N3O6/c1-14(22(29)27-12-21(28)26(2)11-20(27)23(30)31)25-24(32)33-13-19-17-9-5-3-7-15(17)16-8-4-6-10-18(16)19/h3-10,14,19-20H,11-13H2,1-2H3,(H,25,32)(H,30,31)/t14-,20?/m0/s1. The number of hydrogen-bond acceptors (Lipinski definition) is 5. The molecule has 1 fully saturated rings. The third-order valence-corrected chi connectivity index (χ3v) is 6.17. The lowest BCUT2D eigenvalue weighted by atomic mass is 9.98. The summed E-state index contributed by atoms with van der Waals surface area (Å²) in [5, 5.41) is 11.9. The highest BCUT2D eigenvalue weighted by atomic mass is 16.5. The molecule has 1 aliphatic heterocycles. The number of likely N-dealkylation sites (N-methyl/N-ethyl adjacent to an activating group) is 1. The number of nitrogens with zero attached hydrogens (tertiary/aromatic N) is 2. The Morgan fingerprint density at radius 2 is 1.67 bits per heavy atom. The molecule has 9 heteroatoms. The number of fused-ring (bicyclic) bond motifs is 3. The fraction of sp³-hybridized carbons (Fsp3) is 0.333. The van der Waals surface area contributed by atoms with E-state index in [0.29, 0.717) is 0 Å². The minimum absolute atomic E-state index is 0.0888. The molecule has 1 unspecified atom stereocenters. The monoisotopic (exact) mass is 451 g/mol. The maximum atomic E-state index is 12.8. The van der Waals surface area contributed by atoms with Crippen LogP contribution in [-0.2, 0) is 19.1 Å². The van der Waals surface area contributed by atoms with Gasteiger partial charge in [-0.05, 0) is 29.2 Å². The van der Waals surface area contributed by atoms with Crippen LogP contribution in [-0.4, -0.2) is 77.6 Å². The Morgan fingerprint density at radius 3 is 2.24 bits per heavy atom. The summed E-state index contributed by atoms with van der Waals surface area (Å²) in [6.45, 7) is 1.05. The van der Waals surface area contributed by atoms with Gasteiger partial charge in [-0.2, -0.15) is 0 Å². The number of carboxylic acid groups (broad SMARTS) is 1. The predicted molar refractivity (Wildman–Crippen MR) is 118 cm³/mol. The van der Waals surface area contributed by atoms with Crippen LogP contribution in [0.4, 0.5) is 4.79 Å². The van der Waals surface area contributed by atoms with Gasteiger partial charge < -0.3 is 25.0 Å². The van der Waals surface area contributed by atoms with E-state index in [0.717, 1.165) is 27.2 Å². The molecule has 0 aromatic heterocycles. The van der Waals surface area contributed by atoms with Crippen molar-refractivity contribution in [1.82, 2.24) is 15.1 Å². The Labute approximate surface area is 190 Å². The van der Waals surface area contributed by atoms with Gasteiger partial charge in [0.2, 0.25) is 11.8 Å². The van der Waals surface area contributed by atoms with E-state index in [1.165, 1.54) is 18.9 Å². The van der Waals surface area contributed by atoms with Crippen molar-refractivity contribution in [3.63, 3.8) is 0 Å². The molecule has 0 bridgehead atoms. The lowest BCUT2D eigenvalue weighted by Crippen LogP contribution is -2.62. The number of aliphatic carboxylic acids is 1. The first-order chi connectivity index (χ1) is 15.8. The first-order valence-electron chi connectivity index (χ1n) is 10.7. The number of carboxylic acids is 1. The fourth-order valence-electron chi connectivity index (χ4n) is 4.41. The van der Waals surface area contributed by atoms with Gasteiger partial charge in [0.25, 0.3) is 0 Å². The molecule has 172 valence electrons. The first-order valence-corrected chi connectivity index (χ1v) is 10.7. The molecular weight excluding hydrogens is 426 g/mol. The van der Waals surface area contributed by atoms with E-state index in [4.69, 9.17) is 4.74 Å². The molecule has 2 N–H and O–H groups in total. The van der Waals surface area contributed by atoms with Crippen LogP contribution in [0.5, 0.6) is 0 Å². The number of rotatable bonds is 5. The molecule has 0 radical (unpaired) electrons. The van der Waals surface area contributed by atoms with Crippen molar-refractivity contribution in [3.05, 3.63) is 59.7 Å². The van der Waals surface area contributed by atoms with E-state index in [1.54, 1.807) is 0 Å². The summed E-state index contributed by atoms with van der Waals surface area (Å²) >= 11 is 0. The number of piperazine rings is 1. The molecule has 2 aromatic carbocycles. The second-order valence-corrected chi connectivity index (χ2v) is 8.29. The van der Waals surface area contributed by atoms with Crippen molar-refractivity contribution < 1.29 is 29.0 Å². The molecule has 33 heavy (non-hydrogen) atoms. The highest BCUT2D eigenvalue weighted by molar-refractivity contribution is 5.94. The van der Waals surface area contributed by atoms with Gasteiger partial charge in [-0.1, -0.05) is 48.5 Å². The zero-order valence-electron chi connectivity index (χ0n) is 18.4. The SMILES string of the molecule is C[C@H](NC(=O)OCC1c2ccccc2-c2ccccc21)C(=O)N1CC(=O)N(C)CC1C(=O)O. The topological polar surface area (TPSA) is 116 Å². The Balaban J connectivity index is 1.40. The van der Waals surface area contributed by atoms with Gasteiger partial charge in [-0.25, -0.2) is 9.59 Å². The zero-order chi connectivity index (χ0) is 23.7. The lowest BCUT2D eigenvalue weighted by Gasteiger charge is -2.38. The average Bonchev–Trinajstić information content (AvgIpc) is 3.12. The van der Waals surface area contributed by atoms with Crippen molar-refractivity contribution in [2.45, 2.75) is 24.9 Å². The van der Waals surface area contributed by atoms with Crippen LogP contribution in [0.1, 0.15) is 24.0 Å². The molecule has 1 aliphatic carbocycles. The van der Waals surface area contributed by atoms with Crippen molar-refractivity contribution in [2.24, 2.45) is 0 Å². The van der Waals surface area contributed by atoms with Gasteiger partial charge in [0, 0.05) is 13.0 Å². The van der Waals surface area contributed by atoms with Crippen molar-refractivity contribution >= 4 is 23.9 Å². The summed E-state index contributed by atoms with van der Waals surface area (Å²) < 4.78 is 5.45. The molecule has 2 aromatic rings. The molecule has 4 rings (SSSR count). The van der Waals surface area contributed by atoms with Gasteiger partial charge in [0.15, 0.2) is 0 Å². The van der Waals surface area contributed by atoms with Crippen LogP contribution in [0, 0.1) is 0 Å². The Kier molecular flexibility index (Phi) is 6.04. The van der Waals surface area contributed by atoms with Crippen molar-refractivity contribution in [2.75, 3.05) is 26.7 Å². The number of benzene rings is 2. The largest absolute Gasteiger partial charge is 0.480 e. The number of carbonyl (C=O) groups is 4. The van der Waals surface area contributed by atoms with Crippen LogP contribution in [0.2, 0.25) is 0 Å². The van der Waals surface area contributed by atoms with Crippen molar-refractivity contribution in [1.29, 1.82) is 0 Å². The number of carbonyl (C=O) groups excluding carboxylic acids is 3. The molecule has 1 heterocycles. The molecule has 1 saturated heterocycles. The summed E-state index contributed by atoms with van der Waals surface area (Å²) in [6.07, 6.45) is -0.787. The second kappa shape index (κ2) is 8.93. The number of nitrogens with one attached hydrogen (secondary N) is 1. The third kappa shape index (κ3) is 4.26. The van der Waals surface area contributed by atoms with E-state index in [1.807, 2.05) is 48.5 Å². The molecule has 2 atom stereocenters. The van der Waals surface area contributed by atoms with Gasteiger partial charge in [0.1, 0.15) is 25.2 Å². The fourth-order valence-corrected chi connectivity index (χ4v) is 4.41. The maximum absolute atomic E-state index is 12.8. The van der Waals surface area contributed by atoms with Gasteiger partial charge in [0.05, 0.1) is 6.54 Å². The molecule has 2 aliphatic rings. The summed E-state index contributed by atoms with van der Waals surface area (Å²) in [4.78, 5) is 51.1. The highest BCUT2D eigenvalue weighted by Gasteiger charge is 2.39. The van der Waals surface area contributed by atoms with Crippen molar-refractivity contribution in [3.8, 4) is 11.1 Å². The minimum Gasteiger partial charge on any atom is -0.480 e. The molecule has 9 nitrogen and oxygen atoms in total. The van der Waals surface area contributed by atoms with Crippen LogP contribution < -0.4 is 5.32 Å². The molecule has 3 amide bonds. The Morgan fingerprint density at radius 1 is 1.09 bits per heavy atom. The average molecular weight is 451 g/mol. The van der Waals surface area contributed by atoms with E-state index in [-0.39, 0.29) is 31.5 Å². The summed E-state index contributed by atoms with van der Waals surface area (Å²) in [5.74, 6) is -2.36. The zero-order valence-corrected chi connectivity index (χ0v) is 18.4. The minimum atomic E-state index is -1.21. The molecule has 0 spiro atoms. The number of hydrogen-bond donors (Lipinski definition) is 2. The lowest BCUT2D eigenvalue weighted by molar-refractivity contribution is -0.159. The smallest absolute Gasteiger partial charge is 0.407 e. The summed E-state index contributed by atoms with van der Waals surface area (Å²) in [7, 11) is 1.48. The van der Waals surface area contributed by atoms with Gasteiger partial charge in [-0.3, -0.25) is 9.59 Å². The second-order valence-electron chi connectivity index (χ2n) is 8.29. The van der Waals surface area contributed by atoms with E-state index in [9.17, 15) is 24.3 Å². The quantitative estimate of drug-likeness (QED) is 0.714. The van der Waals surface area contributed by atoms with Gasteiger partial charge in [-0.15, -0.1) is 0 Å². The van der Waals surface area contributed by atoms with Crippen LogP contribution in [0.3, 0.4) is 0 Å². The number of alkyl carbamates (subject to hydrolysis) is 1.